The molecule has 0 unspecified atom stereocenters. The van der Waals surface area contributed by atoms with E-state index in [4.69, 9.17) is 4.99 Å². The molecule has 2 saturated heterocycles. The predicted molar refractivity (Wildman–Crippen MR) is 119 cm³/mol. The lowest BCUT2D eigenvalue weighted by molar-refractivity contribution is -0.130. The van der Waals surface area contributed by atoms with Crippen molar-refractivity contribution in [3.05, 3.63) is 35.4 Å². The van der Waals surface area contributed by atoms with Crippen LogP contribution in [0.25, 0.3) is 0 Å². The Bertz CT molecular complexity index is 671. The van der Waals surface area contributed by atoms with Crippen LogP contribution in [0.4, 0.5) is 0 Å². The molecule has 29 heavy (non-hydrogen) atoms. The number of rotatable bonds is 5. The summed E-state index contributed by atoms with van der Waals surface area (Å²) >= 11 is 0. The maximum atomic E-state index is 11.5. The first-order chi connectivity index (χ1) is 14.0. The summed E-state index contributed by atoms with van der Waals surface area (Å²) < 4.78 is 0. The maximum Gasteiger partial charge on any atom is 0.219 e. The highest BCUT2D eigenvalue weighted by molar-refractivity contribution is 5.80. The minimum Gasteiger partial charge on any atom is -0.357 e. The van der Waals surface area contributed by atoms with Crippen LogP contribution in [0.1, 0.15) is 44.7 Å². The minimum absolute atomic E-state index is 0.158. The molecule has 1 amide bonds. The number of nitrogens with zero attached hydrogens (tertiary/aromatic N) is 4. The average molecular weight is 400 g/mol. The number of hydrogen-bond acceptors (Lipinski definition) is 3. The van der Waals surface area contributed by atoms with Gasteiger partial charge in [0.2, 0.25) is 5.91 Å². The summed E-state index contributed by atoms with van der Waals surface area (Å²) in [5.41, 5.74) is 2.62. The highest BCUT2D eigenvalue weighted by Gasteiger charge is 2.21. The topological polar surface area (TPSA) is 51.2 Å². The molecule has 6 heteroatoms. The van der Waals surface area contributed by atoms with Crippen LogP contribution in [0.15, 0.2) is 29.3 Å². The molecule has 6 nitrogen and oxygen atoms in total. The van der Waals surface area contributed by atoms with Crippen molar-refractivity contribution in [1.82, 2.24) is 20.0 Å². The van der Waals surface area contributed by atoms with Crippen LogP contribution in [0, 0.1) is 5.92 Å². The summed E-state index contributed by atoms with van der Waals surface area (Å²) in [6, 6.07) is 8.92. The summed E-state index contributed by atoms with van der Waals surface area (Å²) in [6.07, 6.45) is 2.64. The smallest absolute Gasteiger partial charge is 0.219 e. The average Bonchev–Trinajstić information content (AvgIpc) is 2.74. The number of benzene rings is 1. The van der Waals surface area contributed by atoms with Crippen molar-refractivity contribution >= 4 is 11.9 Å². The second-order valence-corrected chi connectivity index (χ2v) is 8.44. The number of nitrogens with one attached hydrogen (secondary N) is 1. The first kappa shape index (κ1) is 21.6. The molecule has 1 aromatic rings. The Kier molecular flexibility index (Phi) is 7.92. The number of hydrogen-bond donors (Lipinski definition) is 1. The fourth-order valence-corrected chi connectivity index (χ4v) is 4.05. The van der Waals surface area contributed by atoms with E-state index in [0.29, 0.717) is 6.54 Å². The van der Waals surface area contributed by atoms with Crippen molar-refractivity contribution in [2.45, 2.75) is 46.7 Å². The lowest BCUT2D eigenvalue weighted by atomic mass is 9.99. The lowest BCUT2D eigenvalue weighted by Crippen LogP contribution is -2.53. The largest absolute Gasteiger partial charge is 0.357 e. The van der Waals surface area contributed by atoms with E-state index in [-0.39, 0.29) is 5.91 Å². The summed E-state index contributed by atoms with van der Waals surface area (Å²) in [5, 5.41) is 3.40. The summed E-state index contributed by atoms with van der Waals surface area (Å²) in [7, 11) is 0. The summed E-state index contributed by atoms with van der Waals surface area (Å²) in [5.74, 6) is 1.98. The fraction of sp³-hybridized carbons (Fsp3) is 0.652. The van der Waals surface area contributed by atoms with E-state index in [1.807, 2.05) is 4.90 Å². The van der Waals surface area contributed by atoms with Crippen molar-refractivity contribution in [3.63, 3.8) is 0 Å². The maximum absolute atomic E-state index is 11.5. The number of aliphatic imine (C=N–C) groups is 1. The van der Waals surface area contributed by atoms with Crippen LogP contribution < -0.4 is 5.32 Å². The van der Waals surface area contributed by atoms with Gasteiger partial charge >= 0.3 is 0 Å². The molecule has 160 valence electrons. The molecule has 2 heterocycles. The van der Waals surface area contributed by atoms with Gasteiger partial charge in [0.25, 0.3) is 0 Å². The fourth-order valence-electron chi connectivity index (χ4n) is 4.05. The van der Waals surface area contributed by atoms with Crippen LogP contribution in [0.5, 0.6) is 0 Å². The van der Waals surface area contributed by atoms with E-state index in [1.54, 1.807) is 6.92 Å². The van der Waals surface area contributed by atoms with Crippen molar-refractivity contribution in [1.29, 1.82) is 0 Å². The zero-order chi connectivity index (χ0) is 20.6. The number of piperazine rings is 1. The Morgan fingerprint density at radius 3 is 2.17 bits per heavy atom. The second kappa shape index (κ2) is 10.6. The molecule has 2 aliphatic rings. The van der Waals surface area contributed by atoms with Crippen LogP contribution in [-0.2, 0) is 17.9 Å². The zero-order valence-corrected chi connectivity index (χ0v) is 18.4. The number of amides is 1. The molecule has 3 rings (SSSR count). The number of carbonyl (C=O) groups excluding carboxylic acids is 1. The number of carbonyl (C=O) groups is 1. The molecule has 1 aromatic carbocycles. The Morgan fingerprint density at radius 1 is 1.00 bits per heavy atom. The van der Waals surface area contributed by atoms with Crippen molar-refractivity contribution < 1.29 is 4.79 Å². The molecule has 0 radical (unpaired) electrons. The van der Waals surface area contributed by atoms with E-state index in [9.17, 15) is 4.79 Å². The van der Waals surface area contributed by atoms with E-state index in [1.165, 1.54) is 37.1 Å². The van der Waals surface area contributed by atoms with Gasteiger partial charge in [-0.3, -0.25) is 9.69 Å². The van der Waals surface area contributed by atoms with Crippen molar-refractivity contribution in [2.75, 3.05) is 45.8 Å². The molecule has 0 atom stereocenters. The monoisotopic (exact) mass is 399 g/mol. The molecule has 1 N–H and O–H groups in total. The van der Waals surface area contributed by atoms with E-state index >= 15 is 0 Å². The van der Waals surface area contributed by atoms with Gasteiger partial charge in [-0.15, -0.1) is 0 Å². The molecule has 0 saturated carbocycles. The first-order valence-electron chi connectivity index (χ1n) is 11.1. The summed E-state index contributed by atoms with van der Waals surface area (Å²) in [6.45, 7) is 14.3. The van der Waals surface area contributed by atoms with Crippen molar-refractivity contribution in [3.8, 4) is 0 Å². The summed E-state index contributed by atoms with van der Waals surface area (Å²) in [4.78, 5) is 23.1. The SMILES string of the molecule is CCNC(=NCc1ccc(CN2CCC(C)CC2)cc1)N1CCN(C(C)=O)CC1. The molecular formula is C23H37N5O. The Morgan fingerprint density at radius 2 is 1.59 bits per heavy atom. The van der Waals surface area contributed by atoms with Gasteiger partial charge in [0, 0.05) is 46.2 Å². The van der Waals surface area contributed by atoms with Crippen LogP contribution >= 0.6 is 0 Å². The third kappa shape index (κ3) is 6.46. The van der Waals surface area contributed by atoms with Gasteiger partial charge in [-0.2, -0.15) is 0 Å². The minimum atomic E-state index is 0.158. The van der Waals surface area contributed by atoms with Crippen LogP contribution in [0.3, 0.4) is 0 Å². The Balaban J connectivity index is 1.53. The lowest BCUT2D eigenvalue weighted by Gasteiger charge is -2.36. The molecule has 0 spiro atoms. The van der Waals surface area contributed by atoms with Gasteiger partial charge in [-0.05, 0) is 49.9 Å². The van der Waals surface area contributed by atoms with E-state index < -0.39 is 0 Å². The number of piperidine rings is 1. The van der Waals surface area contributed by atoms with Crippen LogP contribution in [0.2, 0.25) is 0 Å². The first-order valence-corrected chi connectivity index (χ1v) is 11.1. The molecule has 2 aliphatic heterocycles. The molecule has 0 aliphatic carbocycles. The van der Waals surface area contributed by atoms with E-state index in [2.05, 4.69) is 53.2 Å². The normalized spacial score (nSPS) is 19.5. The van der Waals surface area contributed by atoms with Gasteiger partial charge in [0.1, 0.15) is 0 Å². The second-order valence-electron chi connectivity index (χ2n) is 8.44. The molecular weight excluding hydrogens is 362 g/mol. The number of likely N-dealkylation sites (tertiary alicyclic amines) is 1. The Labute approximate surface area is 176 Å². The van der Waals surface area contributed by atoms with Crippen LogP contribution in [-0.4, -0.2) is 72.4 Å². The highest BCUT2D eigenvalue weighted by atomic mass is 16.2. The molecule has 0 bridgehead atoms. The van der Waals surface area contributed by atoms with Gasteiger partial charge in [0.15, 0.2) is 5.96 Å². The highest BCUT2D eigenvalue weighted by Crippen LogP contribution is 2.18. The van der Waals surface area contributed by atoms with E-state index in [0.717, 1.165) is 51.1 Å². The van der Waals surface area contributed by atoms with Gasteiger partial charge in [0.05, 0.1) is 6.54 Å². The molecule has 0 aromatic heterocycles. The number of guanidine groups is 1. The van der Waals surface area contributed by atoms with Gasteiger partial charge < -0.3 is 15.1 Å². The van der Waals surface area contributed by atoms with Gasteiger partial charge in [-0.25, -0.2) is 4.99 Å². The van der Waals surface area contributed by atoms with Crippen molar-refractivity contribution in [2.24, 2.45) is 10.9 Å². The third-order valence-electron chi connectivity index (χ3n) is 6.08. The third-order valence-corrected chi connectivity index (χ3v) is 6.08. The predicted octanol–water partition coefficient (Wildman–Crippen LogP) is 2.55. The standard InChI is InChI=1S/C23H37N5O/c1-4-24-23(28-15-13-27(14-16-28)20(3)29)25-17-21-5-7-22(8-6-21)18-26-11-9-19(2)10-12-26/h5-8,19H,4,9-18H2,1-3H3,(H,24,25). The zero-order valence-electron chi connectivity index (χ0n) is 18.4. The molecule has 2 fully saturated rings. The van der Waals surface area contributed by atoms with Gasteiger partial charge in [-0.1, -0.05) is 31.2 Å². The quantitative estimate of drug-likeness (QED) is 0.611. The Hall–Kier alpha value is -2.08.